The van der Waals surface area contributed by atoms with Gasteiger partial charge < -0.3 is 4.90 Å². The zero-order valence-electron chi connectivity index (χ0n) is 16.3. The number of anilines is 3. The molecule has 0 unspecified atom stereocenters. The van der Waals surface area contributed by atoms with Crippen molar-refractivity contribution in [2.45, 2.75) is 0 Å². The molecule has 0 spiro atoms. The standard InChI is InChI=1S/C26H20N4/c1-3-7-23(8-4-1)30(24-9-5-2-6-10-24)25-15-11-20(12-16-25)18-27-22-14-13-21-19-28-29-26(21)17-22/h1-19H,(H,28,29). The van der Waals surface area contributed by atoms with Gasteiger partial charge >= 0.3 is 0 Å². The number of aromatic amines is 1. The van der Waals surface area contributed by atoms with Gasteiger partial charge in [0.1, 0.15) is 0 Å². The minimum Gasteiger partial charge on any atom is -0.311 e. The van der Waals surface area contributed by atoms with Crippen LogP contribution in [-0.4, -0.2) is 16.4 Å². The molecule has 0 fully saturated rings. The molecule has 4 heteroatoms. The molecular weight excluding hydrogens is 368 g/mol. The summed E-state index contributed by atoms with van der Waals surface area (Å²) in [5.74, 6) is 0. The molecule has 30 heavy (non-hydrogen) atoms. The number of rotatable bonds is 5. The number of aliphatic imine (C=N–C) groups is 1. The maximum Gasteiger partial charge on any atom is 0.0671 e. The Morgan fingerprint density at radius 3 is 2.00 bits per heavy atom. The molecule has 4 aromatic carbocycles. The van der Waals surface area contributed by atoms with E-state index in [1.807, 2.05) is 42.7 Å². The van der Waals surface area contributed by atoms with Crippen LogP contribution in [0.25, 0.3) is 10.9 Å². The number of hydrogen-bond acceptors (Lipinski definition) is 3. The lowest BCUT2D eigenvalue weighted by atomic mass is 10.1. The van der Waals surface area contributed by atoms with Crippen LogP contribution in [0, 0.1) is 0 Å². The molecule has 1 aromatic heterocycles. The lowest BCUT2D eigenvalue weighted by Gasteiger charge is -2.25. The third-order valence-electron chi connectivity index (χ3n) is 4.97. The van der Waals surface area contributed by atoms with Gasteiger partial charge in [0.2, 0.25) is 0 Å². The van der Waals surface area contributed by atoms with E-state index in [9.17, 15) is 0 Å². The van der Waals surface area contributed by atoms with Gasteiger partial charge in [-0.2, -0.15) is 5.10 Å². The van der Waals surface area contributed by atoms with Gasteiger partial charge in [-0.3, -0.25) is 10.1 Å². The second-order valence-electron chi connectivity index (χ2n) is 7.00. The van der Waals surface area contributed by atoms with Crippen LogP contribution in [0.2, 0.25) is 0 Å². The van der Waals surface area contributed by atoms with Crippen LogP contribution in [-0.2, 0) is 0 Å². The Morgan fingerprint density at radius 2 is 1.33 bits per heavy atom. The number of nitrogens with one attached hydrogen (secondary N) is 1. The van der Waals surface area contributed by atoms with Crippen molar-refractivity contribution >= 4 is 39.9 Å². The van der Waals surface area contributed by atoms with Crippen molar-refractivity contribution in [2.24, 2.45) is 4.99 Å². The number of para-hydroxylation sites is 2. The van der Waals surface area contributed by atoms with Gasteiger partial charge in [-0.25, -0.2) is 0 Å². The van der Waals surface area contributed by atoms with E-state index in [1.54, 1.807) is 0 Å². The summed E-state index contributed by atoms with van der Waals surface area (Å²) in [6, 6.07) is 35.2. The lowest BCUT2D eigenvalue weighted by molar-refractivity contribution is 1.12. The number of benzene rings is 4. The first-order valence-corrected chi connectivity index (χ1v) is 9.84. The van der Waals surface area contributed by atoms with Gasteiger partial charge in [-0.05, 0) is 60.2 Å². The summed E-state index contributed by atoms with van der Waals surface area (Å²) < 4.78 is 0. The summed E-state index contributed by atoms with van der Waals surface area (Å²) in [5, 5.41) is 8.12. The predicted molar refractivity (Wildman–Crippen MR) is 124 cm³/mol. The highest BCUT2D eigenvalue weighted by molar-refractivity contribution is 5.86. The van der Waals surface area contributed by atoms with E-state index in [4.69, 9.17) is 0 Å². The Labute approximate surface area is 175 Å². The van der Waals surface area contributed by atoms with E-state index >= 15 is 0 Å². The Bertz CT molecular complexity index is 1230. The maximum absolute atomic E-state index is 4.61. The number of hydrogen-bond donors (Lipinski definition) is 1. The van der Waals surface area contributed by atoms with E-state index in [0.29, 0.717) is 0 Å². The van der Waals surface area contributed by atoms with Gasteiger partial charge in [-0.1, -0.05) is 48.5 Å². The normalized spacial score (nSPS) is 11.2. The molecule has 0 aliphatic heterocycles. The van der Waals surface area contributed by atoms with Crippen molar-refractivity contribution in [3.05, 3.63) is 115 Å². The predicted octanol–water partition coefficient (Wildman–Crippen LogP) is 6.78. The first-order valence-electron chi connectivity index (χ1n) is 9.84. The third-order valence-corrected chi connectivity index (χ3v) is 4.97. The van der Waals surface area contributed by atoms with Gasteiger partial charge in [0.05, 0.1) is 17.4 Å². The summed E-state index contributed by atoms with van der Waals surface area (Å²) in [7, 11) is 0. The minimum atomic E-state index is 0.894. The molecule has 1 heterocycles. The van der Waals surface area contributed by atoms with E-state index in [2.05, 4.69) is 92.9 Å². The molecule has 5 aromatic rings. The second-order valence-corrected chi connectivity index (χ2v) is 7.00. The Balaban J connectivity index is 1.43. The van der Waals surface area contributed by atoms with E-state index < -0.39 is 0 Å². The van der Waals surface area contributed by atoms with E-state index in [0.717, 1.165) is 39.2 Å². The first kappa shape index (κ1) is 17.9. The molecule has 144 valence electrons. The highest BCUT2D eigenvalue weighted by Gasteiger charge is 2.11. The molecule has 0 bridgehead atoms. The summed E-state index contributed by atoms with van der Waals surface area (Å²) in [6.45, 7) is 0. The molecule has 0 saturated carbocycles. The third kappa shape index (κ3) is 3.71. The number of nitrogens with zero attached hydrogens (tertiary/aromatic N) is 3. The highest BCUT2D eigenvalue weighted by Crippen LogP contribution is 2.34. The fraction of sp³-hybridized carbons (Fsp3) is 0. The SMILES string of the molecule is C(=Nc1ccc2cn[nH]c2c1)c1ccc(N(c2ccccc2)c2ccccc2)cc1. The van der Waals surface area contributed by atoms with Crippen molar-refractivity contribution in [1.29, 1.82) is 0 Å². The molecule has 4 nitrogen and oxygen atoms in total. The van der Waals surface area contributed by atoms with Crippen LogP contribution in [0.15, 0.2) is 114 Å². The lowest BCUT2D eigenvalue weighted by Crippen LogP contribution is -2.09. The summed E-state index contributed by atoms with van der Waals surface area (Å²) in [6.07, 6.45) is 3.70. The van der Waals surface area contributed by atoms with E-state index in [1.165, 1.54) is 0 Å². The zero-order chi connectivity index (χ0) is 20.2. The molecule has 0 aliphatic rings. The Kier molecular flexibility index (Phi) is 4.80. The number of aromatic nitrogens is 2. The van der Waals surface area contributed by atoms with Gasteiger partial charge in [-0.15, -0.1) is 0 Å². The van der Waals surface area contributed by atoms with Crippen LogP contribution in [0.4, 0.5) is 22.7 Å². The fourth-order valence-corrected chi connectivity index (χ4v) is 3.47. The topological polar surface area (TPSA) is 44.3 Å². The monoisotopic (exact) mass is 388 g/mol. The number of H-pyrrole nitrogens is 1. The van der Waals surface area contributed by atoms with Crippen molar-refractivity contribution in [3.63, 3.8) is 0 Å². The van der Waals surface area contributed by atoms with Crippen LogP contribution in [0.1, 0.15) is 5.56 Å². The molecule has 5 rings (SSSR count). The summed E-state index contributed by atoms with van der Waals surface area (Å²) >= 11 is 0. The highest BCUT2D eigenvalue weighted by atomic mass is 15.1. The van der Waals surface area contributed by atoms with E-state index in [-0.39, 0.29) is 0 Å². The summed E-state index contributed by atoms with van der Waals surface area (Å²) in [5.41, 5.74) is 6.27. The second kappa shape index (κ2) is 8.05. The number of fused-ring (bicyclic) bond motifs is 1. The Morgan fingerprint density at radius 1 is 0.700 bits per heavy atom. The van der Waals surface area contributed by atoms with Gasteiger partial charge in [0, 0.05) is 28.7 Å². The molecule has 0 radical (unpaired) electrons. The molecule has 0 amide bonds. The fourth-order valence-electron chi connectivity index (χ4n) is 3.47. The molecular formula is C26H20N4. The van der Waals surface area contributed by atoms with Crippen molar-refractivity contribution in [3.8, 4) is 0 Å². The van der Waals surface area contributed by atoms with Gasteiger partial charge in [0.25, 0.3) is 0 Å². The average Bonchev–Trinajstić information content (AvgIpc) is 3.28. The van der Waals surface area contributed by atoms with Crippen LogP contribution >= 0.6 is 0 Å². The van der Waals surface area contributed by atoms with Crippen molar-refractivity contribution < 1.29 is 0 Å². The van der Waals surface area contributed by atoms with Crippen molar-refractivity contribution in [1.82, 2.24) is 10.2 Å². The van der Waals surface area contributed by atoms with Crippen LogP contribution < -0.4 is 4.90 Å². The average molecular weight is 388 g/mol. The van der Waals surface area contributed by atoms with Crippen molar-refractivity contribution in [2.75, 3.05) is 4.90 Å². The quantitative estimate of drug-likeness (QED) is 0.337. The minimum absolute atomic E-state index is 0.894. The Hall–Kier alpha value is -4.18. The largest absolute Gasteiger partial charge is 0.311 e. The first-order chi connectivity index (χ1) is 14.9. The zero-order valence-corrected chi connectivity index (χ0v) is 16.3. The molecule has 1 N–H and O–H groups in total. The smallest absolute Gasteiger partial charge is 0.0671 e. The molecule has 0 aliphatic carbocycles. The summed E-state index contributed by atoms with van der Waals surface area (Å²) in [4.78, 5) is 6.85. The van der Waals surface area contributed by atoms with Gasteiger partial charge in [0.15, 0.2) is 0 Å². The van der Waals surface area contributed by atoms with Crippen LogP contribution in [0.5, 0.6) is 0 Å². The van der Waals surface area contributed by atoms with Crippen LogP contribution in [0.3, 0.4) is 0 Å². The molecule has 0 saturated heterocycles. The maximum atomic E-state index is 4.61. The molecule has 0 atom stereocenters.